The predicted molar refractivity (Wildman–Crippen MR) is 97.7 cm³/mol. The van der Waals surface area contributed by atoms with Gasteiger partial charge in [-0.15, -0.1) is 0 Å². The van der Waals surface area contributed by atoms with E-state index in [1.165, 1.54) is 17.0 Å². The highest BCUT2D eigenvalue weighted by atomic mass is 16.6. The molecule has 4 N–H and O–H groups in total. The number of carbonyl (C=O) groups is 3. The number of ether oxygens (including phenoxy) is 1. The summed E-state index contributed by atoms with van der Waals surface area (Å²) in [6.45, 7) is 5.27. The number of para-hydroxylation sites is 2. The number of phenolic OH excluding ortho intramolecular Hbond substituents is 1. The number of carbonyl (C=O) groups excluding carboxylic acids is 2. The number of amides is 3. The second-order valence-electron chi connectivity index (χ2n) is 7.45. The van der Waals surface area contributed by atoms with Crippen molar-refractivity contribution >= 4 is 23.8 Å². The van der Waals surface area contributed by atoms with E-state index >= 15 is 0 Å². The highest BCUT2D eigenvalue weighted by Gasteiger charge is 2.44. The average molecular weight is 379 g/mol. The third-order valence-electron chi connectivity index (χ3n) is 4.21. The van der Waals surface area contributed by atoms with Crippen molar-refractivity contribution in [1.82, 2.24) is 10.2 Å². The molecule has 1 fully saturated rings. The van der Waals surface area contributed by atoms with Crippen LogP contribution in [-0.4, -0.2) is 57.4 Å². The van der Waals surface area contributed by atoms with Gasteiger partial charge in [0.25, 0.3) is 0 Å². The van der Waals surface area contributed by atoms with Crippen molar-refractivity contribution in [3.8, 4) is 5.75 Å². The molecule has 1 heterocycles. The molecule has 2 rings (SSSR count). The summed E-state index contributed by atoms with van der Waals surface area (Å²) in [6.07, 6.45) is -1.68. The van der Waals surface area contributed by atoms with Crippen molar-refractivity contribution in [1.29, 1.82) is 0 Å². The minimum atomic E-state index is -1.35. The highest BCUT2D eigenvalue weighted by Crippen LogP contribution is 2.28. The Kier molecular flexibility index (Phi) is 5.82. The Morgan fingerprint density at radius 3 is 2.26 bits per heavy atom. The number of alkyl carbamates (subject to hydrolysis) is 1. The van der Waals surface area contributed by atoms with Crippen LogP contribution >= 0.6 is 0 Å². The van der Waals surface area contributed by atoms with Crippen molar-refractivity contribution in [2.75, 3.05) is 18.4 Å². The highest BCUT2D eigenvalue weighted by molar-refractivity contribution is 6.01. The van der Waals surface area contributed by atoms with Gasteiger partial charge in [0.15, 0.2) is 0 Å². The van der Waals surface area contributed by atoms with Gasteiger partial charge in [-0.1, -0.05) is 12.1 Å². The fourth-order valence-corrected chi connectivity index (χ4v) is 2.81. The lowest BCUT2D eigenvalue weighted by Crippen LogP contribution is -2.62. The molecule has 0 unspecified atom stereocenters. The zero-order valence-corrected chi connectivity index (χ0v) is 15.6. The number of hydrogen-bond acceptors (Lipinski definition) is 5. The summed E-state index contributed by atoms with van der Waals surface area (Å²) in [7, 11) is 0. The second-order valence-corrected chi connectivity index (χ2v) is 7.45. The van der Waals surface area contributed by atoms with Crippen molar-refractivity contribution in [3.05, 3.63) is 24.3 Å². The molecule has 0 radical (unpaired) electrons. The second kappa shape index (κ2) is 7.73. The number of nitrogens with one attached hydrogen (secondary N) is 2. The van der Waals surface area contributed by atoms with Gasteiger partial charge in [0.05, 0.1) is 5.69 Å². The summed E-state index contributed by atoms with van der Waals surface area (Å²) in [5.41, 5.74) is -1.90. The van der Waals surface area contributed by atoms with E-state index in [1.54, 1.807) is 32.9 Å². The van der Waals surface area contributed by atoms with Crippen molar-refractivity contribution in [3.63, 3.8) is 0 Å². The van der Waals surface area contributed by atoms with Crippen LogP contribution in [0.25, 0.3) is 0 Å². The molecule has 1 aromatic carbocycles. The Hall–Kier alpha value is -2.97. The Bertz CT molecular complexity index is 720. The Balaban J connectivity index is 2.21. The molecule has 1 aliphatic rings. The molecule has 148 valence electrons. The van der Waals surface area contributed by atoms with E-state index in [0.29, 0.717) is 0 Å². The molecule has 1 aliphatic heterocycles. The summed E-state index contributed by atoms with van der Waals surface area (Å²) < 4.78 is 5.25. The van der Waals surface area contributed by atoms with Crippen molar-refractivity contribution < 1.29 is 29.3 Å². The van der Waals surface area contributed by atoms with E-state index in [9.17, 15) is 19.5 Å². The first-order chi connectivity index (χ1) is 12.5. The van der Waals surface area contributed by atoms with Gasteiger partial charge in [0.2, 0.25) is 5.91 Å². The monoisotopic (exact) mass is 379 g/mol. The Morgan fingerprint density at radius 2 is 1.74 bits per heavy atom. The lowest BCUT2D eigenvalue weighted by Gasteiger charge is -2.40. The number of benzene rings is 1. The first-order valence-corrected chi connectivity index (χ1v) is 8.61. The summed E-state index contributed by atoms with van der Waals surface area (Å²) >= 11 is 0. The number of phenols is 1. The van der Waals surface area contributed by atoms with Gasteiger partial charge in [0.1, 0.15) is 16.9 Å². The van der Waals surface area contributed by atoms with Crippen molar-refractivity contribution in [2.24, 2.45) is 0 Å². The zero-order chi connectivity index (χ0) is 20.2. The van der Waals surface area contributed by atoms with E-state index < -0.39 is 29.2 Å². The molecule has 0 bridgehead atoms. The van der Waals surface area contributed by atoms with Crippen LogP contribution in [0.2, 0.25) is 0 Å². The van der Waals surface area contributed by atoms with Crippen LogP contribution < -0.4 is 10.6 Å². The first-order valence-electron chi connectivity index (χ1n) is 8.61. The normalized spacial score (nSPS) is 16.3. The van der Waals surface area contributed by atoms with Crippen LogP contribution in [0.3, 0.4) is 0 Å². The summed E-state index contributed by atoms with van der Waals surface area (Å²) in [6, 6.07) is 6.22. The van der Waals surface area contributed by atoms with E-state index in [0.717, 1.165) is 0 Å². The molecule has 9 heteroatoms. The van der Waals surface area contributed by atoms with Gasteiger partial charge in [-0.2, -0.15) is 0 Å². The minimum Gasteiger partial charge on any atom is -0.506 e. The van der Waals surface area contributed by atoms with Crippen LogP contribution in [-0.2, 0) is 9.53 Å². The van der Waals surface area contributed by atoms with Gasteiger partial charge >= 0.3 is 12.2 Å². The molecule has 27 heavy (non-hydrogen) atoms. The lowest BCUT2D eigenvalue weighted by molar-refractivity contribution is -0.124. The molecule has 0 saturated carbocycles. The standard InChI is InChI=1S/C18H25N3O6/c1-17(2,3)27-15(24)20-18(8-10-21(11-9-18)16(25)26)14(23)19-12-6-4-5-7-13(12)22/h4-7,22H,8-11H2,1-3H3,(H,19,23)(H,20,24)(H,25,26). The largest absolute Gasteiger partial charge is 0.506 e. The Labute approximate surface area is 157 Å². The van der Waals surface area contributed by atoms with Gasteiger partial charge in [-0.05, 0) is 45.7 Å². The number of aromatic hydroxyl groups is 1. The van der Waals surface area contributed by atoms with Gasteiger partial charge in [0, 0.05) is 13.1 Å². The zero-order valence-electron chi connectivity index (χ0n) is 15.6. The number of piperidine rings is 1. The number of nitrogens with zero attached hydrogens (tertiary/aromatic N) is 1. The number of likely N-dealkylation sites (tertiary alicyclic amines) is 1. The molecule has 3 amide bonds. The summed E-state index contributed by atoms with van der Waals surface area (Å²) in [5, 5.41) is 24.2. The quantitative estimate of drug-likeness (QED) is 0.597. The predicted octanol–water partition coefficient (Wildman–Crippen LogP) is 2.37. The fraction of sp³-hybridized carbons (Fsp3) is 0.500. The van der Waals surface area contributed by atoms with E-state index in [1.807, 2.05) is 0 Å². The van der Waals surface area contributed by atoms with E-state index in [2.05, 4.69) is 10.6 Å². The lowest BCUT2D eigenvalue weighted by atomic mass is 9.86. The molecule has 0 aromatic heterocycles. The van der Waals surface area contributed by atoms with Crippen LogP contribution in [0.1, 0.15) is 33.6 Å². The van der Waals surface area contributed by atoms with Crippen LogP contribution in [0.5, 0.6) is 5.75 Å². The maximum Gasteiger partial charge on any atom is 0.408 e. The van der Waals surface area contributed by atoms with Crippen LogP contribution in [0.15, 0.2) is 24.3 Å². The number of anilines is 1. The van der Waals surface area contributed by atoms with Crippen LogP contribution in [0.4, 0.5) is 15.3 Å². The molecule has 0 aliphatic carbocycles. The average Bonchev–Trinajstić information content (AvgIpc) is 2.55. The number of carboxylic acid groups (broad SMARTS) is 1. The molecular weight excluding hydrogens is 354 g/mol. The maximum absolute atomic E-state index is 13.0. The molecule has 0 spiro atoms. The third kappa shape index (κ3) is 5.25. The van der Waals surface area contributed by atoms with Gasteiger partial charge in [-0.3, -0.25) is 4.79 Å². The smallest absolute Gasteiger partial charge is 0.408 e. The van der Waals surface area contributed by atoms with E-state index in [-0.39, 0.29) is 37.4 Å². The minimum absolute atomic E-state index is 0.0813. The van der Waals surface area contributed by atoms with Crippen LogP contribution in [0, 0.1) is 0 Å². The summed E-state index contributed by atoms with van der Waals surface area (Å²) in [4.78, 5) is 37.6. The van der Waals surface area contributed by atoms with E-state index in [4.69, 9.17) is 9.84 Å². The number of hydrogen-bond donors (Lipinski definition) is 4. The third-order valence-corrected chi connectivity index (χ3v) is 4.21. The molecule has 1 aromatic rings. The fourth-order valence-electron chi connectivity index (χ4n) is 2.81. The molecule has 0 atom stereocenters. The van der Waals surface area contributed by atoms with Crippen molar-refractivity contribution in [2.45, 2.75) is 44.8 Å². The Morgan fingerprint density at radius 1 is 1.15 bits per heavy atom. The molecule has 9 nitrogen and oxygen atoms in total. The summed E-state index contributed by atoms with van der Waals surface area (Å²) in [5.74, 6) is -0.652. The first kappa shape index (κ1) is 20.3. The maximum atomic E-state index is 13.0. The molecule has 1 saturated heterocycles. The number of rotatable bonds is 3. The van der Waals surface area contributed by atoms with Gasteiger partial charge < -0.3 is 30.5 Å². The van der Waals surface area contributed by atoms with Gasteiger partial charge in [-0.25, -0.2) is 9.59 Å². The SMILES string of the molecule is CC(C)(C)OC(=O)NC1(C(=O)Nc2ccccc2O)CCN(C(=O)O)CC1. The topological polar surface area (TPSA) is 128 Å². The molecular formula is C18H25N3O6.